The monoisotopic (exact) mass is 396 g/mol. The molecule has 2 fully saturated rings. The number of rotatable bonds is 3. The summed E-state index contributed by atoms with van der Waals surface area (Å²) in [6.45, 7) is 6.50. The van der Waals surface area contributed by atoms with E-state index in [1.807, 2.05) is 33.9 Å². The zero-order valence-electron chi connectivity index (χ0n) is 16.4. The molecule has 0 saturated carbocycles. The molecule has 0 spiro atoms. The van der Waals surface area contributed by atoms with E-state index < -0.39 is 0 Å². The van der Waals surface area contributed by atoms with Gasteiger partial charge in [0, 0.05) is 43.5 Å². The SMILES string of the molecule is C[C@@H]1COCCN1c1cc(C(=O)N2CCOCC2)c2ccn(-c3cc[nH]n3)c2n1. The first kappa shape index (κ1) is 18.1. The van der Waals surface area contributed by atoms with Crippen molar-refractivity contribution in [1.29, 1.82) is 0 Å². The molecule has 9 nitrogen and oxygen atoms in total. The van der Waals surface area contributed by atoms with Crippen LogP contribution in [-0.4, -0.2) is 82.7 Å². The molecule has 29 heavy (non-hydrogen) atoms. The quantitative estimate of drug-likeness (QED) is 0.721. The second-order valence-electron chi connectivity index (χ2n) is 7.41. The van der Waals surface area contributed by atoms with E-state index >= 15 is 0 Å². The van der Waals surface area contributed by atoms with Gasteiger partial charge < -0.3 is 19.3 Å². The minimum Gasteiger partial charge on any atom is -0.378 e. The van der Waals surface area contributed by atoms with Crippen LogP contribution in [0.5, 0.6) is 0 Å². The van der Waals surface area contributed by atoms with Gasteiger partial charge in [0.05, 0.1) is 38.0 Å². The van der Waals surface area contributed by atoms with Crippen molar-refractivity contribution in [3.8, 4) is 5.82 Å². The first-order chi connectivity index (χ1) is 14.2. The molecule has 0 unspecified atom stereocenters. The fourth-order valence-corrected chi connectivity index (χ4v) is 4.00. The van der Waals surface area contributed by atoms with Gasteiger partial charge in [-0.05, 0) is 19.1 Å². The number of carbonyl (C=O) groups excluding carboxylic acids is 1. The molecule has 9 heteroatoms. The average molecular weight is 396 g/mol. The van der Waals surface area contributed by atoms with Crippen LogP contribution in [0.2, 0.25) is 0 Å². The van der Waals surface area contributed by atoms with Crippen molar-refractivity contribution < 1.29 is 14.3 Å². The number of pyridine rings is 1. The molecule has 2 saturated heterocycles. The van der Waals surface area contributed by atoms with E-state index in [-0.39, 0.29) is 11.9 Å². The van der Waals surface area contributed by atoms with Gasteiger partial charge >= 0.3 is 0 Å². The van der Waals surface area contributed by atoms with Gasteiger partial charge in [0.15, 0.2) is 5.82 Å². The highest BCUT2D eigenvalue weighted by molar-refractivity contribution is 6.07. The van der Waals surface area contributed by atoms with Gasteiger partial charge in [0.2, 0.25) is 0 Å². The molecule has 152 valence electrons. The van der Waals surface area contributed by atoms with Crippen molar-refractivity contribution in [2.24, 2.45) is 0 Å². The minimum absolute atomic E-state index is 0.0163. The predicted molar refractivity (Wildman–Crippen MR) is 108 cm³/mol. The summed E-state index contributed by atoms with van der Waals surface area (Å²) in [4.78, 5) is 22.4. The Kier molecular flexibility index (Phi) is 4.69. The number of nitrogens with one attached hydrogen (secondary N) is 1. The smallest absolute Gasteiger partial charge is 0.254 e. The maximum atomic E-state index is 13.4. The molecular weight excluding hydrogens is 372 g/mol. The molecule has 2 aliphatic heterocycles. The third kappa shape index (κ3) is 3.26. The van der Waals surface area contributed by atoms with Crippen LogP contribution in [-0.2, 0) is 9.47 Å². The van der Waals surface area contributed by atoms with E-state index in [0.717, 1.165) is 29.2 Å². The van der Waals surface area contributed by atoms with Gasteiger partial charge in [-0.15, -0.1) is 0 Å². The van der Waals surface area contributed by atoms with Crippen LogP contribution < -0.4 is 4.90 Å². The fraction of sp³-hybridized carbons (Fsp3) is 0.450. The summed E-state index contributed by atoms with van der Waals surface area (Å²) in [6.07, 6.45) is 3.69. The van der Waals surface area contributed by atoms with Crippen LogP contribution in [0.1, 0.15) is 17.3 Å². The van der Waals surface area contributed by atoms with E-state index in [1.54, 1.807) is 6.20 Å². The van der Waals surface area contributed by atoms with Crippen molar-refractivity contribution in [2.45, 2.75) is 13.0 Å². The lowest BCUT2D eigenvalue weighted by Crippen LogP contribution is -2.44. The molecule has 0 radical (unpaired) electrons. The number of hydrogen-bond acceptors (Lipinski definition) is 6. The fourth-order valence-electron chi connectivity index (χ4n) is 4.00. The Balaban J connectivity index is 1.65. The number of nitrogens with zero attached hydrogens (tertiary/aromatic N) is 5. The molecule has 0 bridgehead atoms. The van der Waals surface area contributed by atoms with Crippen molar-refractivity contribution >= 4 is 22.8 Å². The molecule has 2 aliphatic rings. The van der Waals surface area contributed by atoms with Gasteiger partial charge in [-0.3, -0.25) is 14.5 Å². The first-order valence-electron chi connectivity index (χ1n) is 9.96. The number of fused-ring (bicyclic) bond motifs is 1. The highest BCUT2D eigenvalue weighted by atomic mass is 16.5. The Labute approximate surface area is 168 Å². The molecule has 1 atom stereocenters. The Morgan fingerprint density at radius 3 is 2.72 bits per heavy atom. The Morgan fingerprint density at radius 2 is 1.97 bits per heavy atom. The van der Waals surface area contributed by atoms with Gasteiger partial charge in [-0.25, -0.2) is 4.98 Å². The summed E-state index contributed by atoms with van der Waals surface area (Å²) < 4.78 is 12.9. The summed E-state index contributed by atoms with van der Waals surface area (Å²) >= 11 is 0. The Morgan fingerprint density at radius 1 is 1.14 bits per heavy atom. The maximum Gasteiger partial charge on any atom is 0.254 e. The lowest BCUT2D eigenvalue weighted by atomic mass is 10.1. The third-order valence-electron chi connectivity index (χ3n) is 5.57. The van der Waals surface area contributed by atoms with Crippen LogP contribution in [0.15, 0.2) is 30.6 Å². The van der Waals surface area contributed by atoms with E-state index in [9.17, 15) is 4.79 Å². The predicted octanol–water partition coefficient (Wildman–Crippen LogP) is 1.45. The molecule has 1 amide bonds. The number of aromatic amines is 1. The van der Waals surface area contributed by atoms with Crippen LogP contribution in [0, 0.1) is 0 Å². The molecular formula is C20H24N6O3. The molecule has 3 aromatic heterocycles. The normalized spacial score (nSPS) is 20.4. The van der Waals surface area contributed by atoms with Crippen molar-refractivity contribution in [3.05, 3.63) is 36.2 Å². The first-order valence-corrected chi connectivity index (χ1v) is 9.96. The summed E-state index contributed by atoms with van der Waals surface area (Å²) in [5.41, 5.74) is 1.39. The number of H-pyrrole nitrogens is 1. The Bertz CT molecular complexity index is 1010. The average Bonchev–Trinajstić information content (AvgIpc) is 3.43. The van der Waals surface area contributed by atoms with E-state index in [0.29, 0.717) is 45.1 Å². The molecule has 5 heterocycles. The second kappa shape index (κ2) is 7.49. The van der Waals surface area contributed by atoms with Crippen molar-refractivity contribution in [2.75, 3.05) is 51.0 Å². The third-order valence-corrected chi connectivity index (χ3v) is 5.57. The van der Waals surface area contributed by atoms with Gasteiger partial charge in [0.25, 0.3) is 5.91 Å². The van der Waals surface area contributed by atoms with Crippen LogP contribution in [0.3, 0.4) is 0 Å². The molecule has 0 aromatic carbocycles. The van der Waals surface area contributed by atoms with Gasteiger partial charge in [-0.2, -0.15) is 5.10 Å². The summed E-state index contributed by atoms with van der Waals surface area (Å²) in [5.74, 6) is 1.55. The van der Waals surface area contributed by atoms with Gasteiger partial charge in [0.1, 0.15) is 11.5 Å². The summed E-state index contributed by atoms with van der Waals surface area (Å²) in [5, 5.41) is 7.95. The van der Waals surface area contributed by atoms with E-state index in [2.05, 4.69) is 22.0 Å². The van der Waals surface area contributed by atoms with Crippen LogP contribution >= 0.6 is 0 Å². The Hall–Kier alpha value is -2.91. The lowest BCUT2D eigenvalue weighted by Gasteiger charge is -2.34. The summed E-state index contributed by atoms with van der Waals surface area (Å²) in [6, 6.07) is 5.94. The number of morpholine rings is 2. The topological polar surface area (TPSA) is 88.5 Å². The number of carbonyl (C=O) groups is 1. The minimum atomic E-state index is 0.0163. The molecule has 0 aliphatic carbocycles. The highest BCUT2D eigenvalue weighted by Crippen LogP contribution is 2.28. The second-order valence-corrected chi connectivity index (χ2v) is 7.41. The molecule has 5 rings (SSSR count). The van der Waals surface area contributed by atoms with Crippen molar-refractivity contribution in [3.63, 3.8) is 0 Å². The number of ether oxygens (including phenoxy) is 2. The standard InChI is InChI=1S/C20H24N6O3/c1-14-13-29-11-8-25(14)18-12-16(20(27)24-6-9-28-10-7-24)15-3-5-26(19(15)22-18)17-2-4-21-23-17/h2-5,12,14H,6-11,13H2,1H3,(H,21,23)/t14-/m1/s1. The van der Waals surface area contributed by atoms with Gasteiger partial charge in [-0.1, -0.05) is 0 Å². The largest absolute Gasteiger partial charge is 0.378 e. The summed E-state index contributed by atoms with van der Waals surface area (Å²) in [7, 11) is 0. The van der Waals surface area contributed by atoms with Crippen molar-refractivity contribution in [1.82, 2.24) is 24.6 Å². The highest BCUT2D eigenvalue weighted by Gasteiger charge is 2.26. The maximum absolute atomic E-state index is 13.4. The lowest BCUT2D eigenvalue weighted by molar-refractivity contribution is 0.0304. The van der Waals surface area contributed by atoms with Crippen LogP contribution in [0.4, 0.5) is 5.82 Å². The molecule has 3 aromatic rings. The van der Waals surface area contributed by atoms with E-state index in [1.165, 1.54) is 0 Å². The van der Waals surface area contributed by atoms with Crippen LogP contribution in [0.25, 0.3) is 16.9 Å². The number of anilines is 1. The number of aromatic nitrogens is 4. The van der Waals surface area contributed by atoms with E-state index in [4.69, 9.17) is 14.5 Å². The number of amides is 1. The number of hydrogen-bond donors (Lipinski definition) is 1. The zero-order valence-corrected chi connectivity index (χ0v) is 16.4. The zero-order chi connectivity index (χ0) is 19.8. The molecule has 1 N–H and O–H groups in total.